The van der Waals surface area contributed by atoms with Gasteiger partial charge in [0, 0.05) is 6.61 Å². The Hall–Kier alpha value is -0.630. The van der Waals surface area contributed by atoms with Crippen LogP contribution in [0.5, 0.6) is 0 Å². The molecule has 0 aliphatic rings. The minimum atomic E-state index is -0.217. The van der Waals surface area contributed by atoms with Crippen LogP contribution in [0.25, 0.3) is 0 Å². The van der Waals surface area contributed by atoms with Crippen molar-refractivity contribution in [3.63, 3.8) is 0 Å². The Kier molecular flexibility index (Phi) is 9.98. The molecule has 0 aromatic carbocycles. The van der Waals surface area contributed by atoms with Gasteiger partial charge in [-0.3, -0.25) is 0 Å². The number of nitrogens with zero attached hydrogens (tertiary/aromatic N) is 1. The van der Waals surface area contributed by atoms with Gasteiger partial charge in [-0.05, 0) is 13.5 Å². The first kappa shape index (κ1) is 13.4. The lowest BCUT2D eigenvalue weighted by Gasteiger charge is -2.08. The third-order valence-corrected chi connectivity index (χ3v) is 1.80. The van der Waals surface area contributed by atoms with Crippen molar-refractivity contribution in [2.24, 2.45) is 0 Å². The van der Waals surface area contributed by atoms with Gasteiger partial charge in [0.25, 0.3) is 0 Å². The van der Waals surface area contributed by atoms with E-state index in [0.29, 0.717) is 19.8 Å². The van der Waals surface area contributed by atoms with Crippen molar-refractivity contribution in [2.75, 3.05) is 33.5 Å². The Labute approximate surface area is 86.2 Å². The number of hydrogen-bond acceptors (Lipinski definition) is 4. The molecule has 0 aliphatic heterocycles. The Morgan fingerprint density at radius 3 is 2.57 bits per heavy atom. The van der Waals surface area contributed by atoms with Gasteiger partial charge in [0.05, 0.1) is 25.9 Å². The zero-order chi connectivity index (χ0) is 10.6. The number of unbranched alkanes of at least 4 members (excludes halogenated alkanes) is 1. The molecule has 0 aromatic rings. The van der Waals surface area contributed by atoms with Crippen molar-refractivity contribution >= 4 is 0 Å². The molecule has 14 heavy (non-hydrogen) atoms. The van der Waals surface area contributed by atoms with Crippen LogP contribution in [-0.4, -0.2) is 39.5 Å². The molecule has 1 atom stereocenters. The number of hydrogen-bond donors (Lipinski definition) is 1. The van der Waals surface area contributed by atoms with Crippen LogP contribution in [0.4, 0.5) is 0 Å². The summed E-state index contributed by atoms with van der Waals surface area (Å²) in [4.78, 5) is 0. The topological polar surface area (TPSA) is 54.3 Å². The third-order valence-electron chi connectivity index (χ3n) is 1.80. The molecule has 1 unspecified atom stereocenters. The van der Waals surface area contributed by atoms with E-state index in [-0.39, 0.29) is 6.04 Å². The highest BCUT2D eigenvalue weighted by molar-refractivity contribution is 4.88. The fourth-order valence-electron chi connectivity index (χ4n) is 0.853. The summed E-state index contributed by atoms with van der Waals surface area (Å²) in [6.45, 7) is 4.52. The molecular formula is C10H20N2O2. The van der Waals surface area contributed by atoms with Crippen LogP contribution >= 0.6 is 0 Å². The number of nitriles is 1. The van der Waals surface area contributed by atoms with Crippen LogP contribution in [0.3, 0.4) is 0 Å². The Morgan fingerprint density at radius 1 is 1.29 bits per heavy atom. The maximum absolute atomic E-state index is 8.57. The molecule has 0 fully saturated rings. The van der Waals surface area contributed by atoms with E-state index in [2.05, 4.69) is 18.3 Å². The Balaban J connectivity index is 3.09. The summed E-state index contributed by atoms with van der Waals surface area (Å²) in [5, 5.41) is 11.4. The normalized spacial score (nSPS) is 12.4. The molecule has 0 rings (SSSR count). The maximum atomic E-state index is 8.57. The molecule has 0 saturated heterocycles. The smallest absolute Gasteiger partial charge is 0.119 e. The molecule has 0 saturated carbocycles. The quantitative estimate of drug-likeness (QED) is 0.563. The van der Waals surface area contributed by atoms with Crippen LogP contribution in [0.15, 0.2) is 0 Å². The van der Waals surface area contributed by atoms with Crippen molar-refractivity contribution in [1.29, 1.82) is 5.26 Å². The fraction of sp³-hybridized carbons (Fsp3) is 0.900. The van der Waals surface area contributed by atoms with Gasteiger partial charge in [0.15, 0.2) is 0 Å². The van der Waals surface area contributed by atoms with E-state index in [9.17, 15) is 0 Å². The minimum absolute atomic E-state index is 0.217. The summed E-state index contributed by atoms with van der Waals surface area (Å²) >= 11 is 0. The number of rotatable bonds is 9. The molecule has 1 N–H and O–H groups in total. The van der Waals surface area contributed by atoms with Crippen LogP contribution in [-0.2, 0) is 9.47 Å². The Bertz CT molecular complexity index is 157. The highest BCUT2D eigenvalue weighted by Crippen LogP contribution is 1.88. The van der Waals surface area contributed by atoms with Gasteiger partial charge in [-0.15, -0.1) is 0 Å². The predicted molar refractivity (Wildman–Crippen MR) is 55.0 cm³/mol. The van der Waals surface area contributed by atoms with Crippen molar-refractivity contribution in [3.8, 4) is 6.07 Å². The van der Waals surface area contributed by atoms with Gasteiger partial charge >= 0.3 is 0 Å². The maximum Gasteiger partial charge on any atom is 0.119 e. The second-order valence-electron chi connectivity index (χ2n) is 3.01. The van der Waals surface area contributed by atoms with E-state index < -0.39 is 0 Å². The van der Waals surface area contributed by atoms with Crippen LogP contribution in [0, 0.1) is 11.3 Å². The largest absolute Gasteiger partial charge is 0.379 e. The molecule has 0 heterocycles. The summed E-state index contributed by atoms with van der Waals surface area (Å²) in [7, 11) is 1.75. The number of nitrogens with one attached hydrogen (secondary N) is 1. The molecule has 4 nitrogen and oxygen atoms in total. The van der Waals surface area contributed by atoms with Gasteiger partial charge in [0.1, 0.15) is 6.04 Å². The predicted octanol–water partition coefficient (Wildman–Crippen LogP) is 0.931. The van der Waals surface area contributed by atoms with E-state index in [1.54, 1.807) is 7.05 Å². The highest BCUT2D eigenvalue weighted by atomic mass is 16.5. The molecule has 0 bridgehead atoms. The Morgan fingerprint density at radius 2 is 2.00 bits per heavy atom. The number of ether oxygens (including phenoxy) is 2. The summed E-state index contributed by atoms with van der Waals surface area (Å²) in [5.41, 5.74) is 0. The van der Waals surface area contributed by atoms with Gasteiger partial charge in [-0.2, -0.15) is 5.26 Å². The van der Waals surface area contributed by atoms with Crippen molar-refractivity contribution in [2.45, 2.75) is 25.8 Å². The first-order valence-electron chi connectivity index (χ1n) is 5.07. The second-order valence-corrected chi connectivity index (χ2v) is 3.01. The zero-order valence-corrected chi connectivity index (χ0v) is 9.08. The molecule has 0 aliphatic carbocycles. The molecule has 0 amide bonds. The summed E-state index contributed by atoms with van der Waals surface area (Å²) in [6.07, 6.45) is 2.24. The highest BCUT2D eigenvalue weighted by Gasteiger charge is 2.02. The van der Waals surface area contributed by atoms with Crippen LogP contribution in [0.1, 0.15) is 19.8 Å². The molecule has 0 aromatic heterocycles. The van der Waals surface area contributed by atoms with E-state index in [1.807, 2.05) is 0 Å². The molecule has 82 valence electrons. The fourth-order valence-corrected chi connectivity index (χ4v) is 0.853. The van der Waals surface area contributed by atoms with Crippen molar-refractivity contribution in [3.05, 3.63) is 0 Å². The first-order chi connectivity index (χ1) is 6.85. The first-order valence-corrected chi connectivity index (χ1v) is 5.07. The lowest BCUT2D eigenvalue weighted by atomic mass is 10.4. The average molecular weight is 200 g/mol. The van der Waals surface area contributed by atoms with Crippen molar-refractivity contribution < 1.29 is 9.47 Å². The van der Waals surface area contributed by atoms with E-state index in [4.69, 9.17) is 14.7 Å². The number of likely N-dealkylation sites (N-methyl/N-ethyl adjacent to an activating group) is 1. The molecule has 4 heteroatoms. The second kappa shape index (κ2) is 10.5. The summed E-state index contributed by atoms with van der Waals surface area (Å²) < 4.78 is 10.5. The van der Waals surface area contributed by atoms with Gasteiger partial charge in [-0.25, -0.2) is 0 Å². The lowest BCUT2D eigenvalue weighted by molar-refractivity contribution is 0.0434. The van der Waals surface area contributed by atoms with Crippen LogP contribution < -0.4 is 5.32 Å². The zero-order valence-electron chi connectivity index (χ0n) is 9.08. The standard InChI is InChI=1S/C10H20N2O2/c1-3-4-5-13-6-7-14-9-10(8-11)12-2/h10,12H,3-7,9H2,1-2H3. The van der Waals surface area contributed by atoms with Gasteiger partial charge in [-0.1, -0.05) is 13.3 Å². The van der Waals surface area contributed by atoms with Gasteiger partial charge in [0.2, 0.25) is 0 Å². The van der Waals surface area contributed by atoms with Crippen LogP contribution in [0.2, 0.25) is 0 Å². The molecule has 0 spiro atoms. The molecular weight excluding hydrogens is 180 g/mol. The minimum Gasteiger partial charge on any atom is -0.379 e. The molecule has 0 radical (unpaired) electrons. The third kappa shape index (κ3) is 7.99. The monoisotopic (exact) mass is 200 g/mol. The van der Waals surface area contributed by atoms with E-state index in [0.717, 1.165) is 19.4 Å². The average Bonchev–Trinajstić information content (AvgIpc) is 2.22. The lowest BCUT2D eigenvalue weighted by Crippen LogP contribution is -2.29. The summed E-state index contributed by atoms with van der Waals surface area (Å²) in [6, 6.07) is 1.87. The SMILES string of the molecule is CCCCOCCOCC(C#N)NC. The summed E-state index contributed by atoms with van der Waals surface area (Å²) in [5.74, 6) is 0. The van der Waals surface area contributed by atoms with Gasteiger partial charge < -0.3 is 14.8 Å². The van der Waals surface area contributed by atoms with E-state index >= 15 is 0 Å². The van der Waals surface area contributed by atoms with Crippen molar-refractivity contribution in [1.82, 2.24) is 5.32 Å². The van der Waals surface area contributed by atoms with E-state index in [1.165, 1.54) is 0 Å².